The lowest BCUT2D eigenvalue weighted by atomic mass is 9.93. The Kier molecular flexibility index (Phi) is 8.51. The summed E-state index contributed by atoms with van der Waals surface area (Å²) < 4.78 is 6.04. The maximum Gasteiger partial charge on any atom is 0.355 e. The molecule has 0 unspecified atom stereocenters. The number of carboxylic acids is 2. The first-order valence-electron chi connectivity index (χ1n) is 13.5. The number of ether oxygens (including phenoxy) is 1. The van der Waals surface area contributed by atoms with Gasteiger partial charge in [-0.1, -0.05) is 13.0 Å². The molecule has 43 heavy (non-hydrogen) atoms. The minimum atomic E-state index is -1.39. The van der Waals surface area contributed by atoms with Crippen LogP contribution in [-0.4, -0.2) is 52.1 Å². The molecule has 0 saturated heterocycles. The summed E-state index contributed by atoms with van der Waals surface area (Å²) in [6.07, 6.45) is 1.33. The highest BCUT2D eigenvalue weighted by Crippen LogP contribution is 2.43. The molecule has 0 spiro atoms. The number of nitrogens with zero attached hydrogens (tertiary/aromatic N) is 1. The lowest BCUT2D eigenvalue weighted by Crippen LogP contribution is -2.25. The first-order valence-corrected chi connectivity index (χ1v) is 14.4. The lowest BCUT2D eigenvalue weighted by Gasteiger charge is -2.17. The van der Waals surface area contributed by atoms with E-state index < -0.39 is 29.4 Å². The molecule has 2 aromatic carbocycles. The third-order valence-electron chi connectivity index (χ3n) is 6.94. The van der Waals surface area contributed by atoms with Crippen molar-refractivity contribution in [3.63, 3.8) is 0 Å². The van der Waals surface area contributed by atoms with Crippen molar-refractivity contribution in [3.8, 4) is 27.3 Å². The Morgan fingerprint density at radius 3 is 2.49 bits per heavy atom. The maximum atomic E-state index is 13.9. The van der Waals surface area contributed by atoms with Gasteiger partial charge in [0.15, 0.2) is 5.69 Å². The molecule has 1 aliphatic rings. The van der Waals surface area contributed by atoms with Gasteiger partial charge in [0.25, 0.3) is 11.8 Å². The molecule has 0 atom stereocenters. The number of amides is 2. The van der Waals surface area contributed by atoms with Crippen LogP contribution < -0.4 is 21.1 Å². The summed E-state index contributed by atoms with van der Waals surface area (Å²) >= 11 is 1.49. The number of anilines is 1. The molecule has 11 nitrogen and oxygen atoms in total. The Morgan fingerprint density at radius 1 is 0.953 bits per heavy atom. The zero-order chi connectivity index (χ0) is 30.7. The molecule has 5 rings (SSSR count). The number of carbonyl (C=O) groups excluding carboxylic acids is 2. The van der Waals surface area contributed by atoms with E-state index in [1.54, 1.807) is 18.2 Å². The second kappa shape index (κ2) is 12.4. The number of aromatic nitrogens is 1. The monoisotopic (exact) mass is 600 g/mol. The normalized spacial score (nSPS) is 11.9. The third-order valence-corrected chi connectivity index (χ3v) is 7.93. The largest absolute Gasteiger partial charge is 0.493 e. The van der Waals surface area contributed by atoms with Gasteiger partial charge in [-0.3, -0.25) is 9.59 Å². The molecular formula is C31H28N4O7S. The molecule has 2 aromatic heterocycles. The highest BCUT2D eigenvalue weighted by molar-refractivity contribution is 7.13. The van der Waals surface area contributed by atoms with Crippen LogP contribution in [0.25, 0.3) is 21.6 Å². The highest BCUT2D eigenvalue weighted by atomic mass is 32.1. The fraction of sp³-hybridized carbons (Fsp3) is 0.194. The Labute approximate surface area is 250 Å². The Hall–Kier alpha value is -5.07. The molecule has 220 valence electrons. The van der Waals surface area contributed by atoms with Crippen molar-refractivity contribution < 1.29 is 34.1 Å². The number of carboxylic acid groups (broad SMARTS) is 2. The second-order valence-electron chi connectivity index (χ2n) is 9.76. The van der Waals surface area contributed by atoms with Crippen LogP contribution in [0, 0.1) is 0 Å². The molecule has 0 fully saturated rings. The second-order valence-corrected chi connectivity index (χ2v) is 10.7. The summed E-state index contributed by atoms with van der Waals surface area (Å²) in [5.41, 5.74) is 7.67. The first kappa shape index (κ1) is 29.4. The average molecular weight is 601 g/mol. The van der Waals surface area contributed by atoms with E-state index in [1.807, 2.05) is 18.4 Å². The van der Waals surface area contributed by atoms with E-state index in [1.165, 1.54) is 35.6 Å². The van der Waals surface area contributed by atoms with Crippen molar-refractivity contribution in [3.05, 3.63) is 87.6 Å². The van der Waals surface area contributed by atoms with Gasteiger partial charge in [-0.2, -0.15) is 0 Å². The van der Waals surface area contributed by atoms with Crippen molar-refractivity contribution >= 4 is 40.8 Å². The van der Waals surface area contributed by atoms with Gasteiger partial charge in [0, 0.05) is 46.6 Å². The number of benzene rings is 2. The predicted octanol–water partition coefficient (Wildman–Crippen LogP) is 4.66. The summed E-state index contributed by atoms with van der Waals surface area (Å²) in [4.78, 5) is 55.9. The van der Waals surface area contributed by atoms with Gasteiger partial charge in [0.1, 0.15) is 11.4 Å². The SMILES string of the molecule is CCCNC(=O)c1ccc(-c2cc3c(cc2C(=O)Nc2ccc(CN)cc2C(=O)O)-c2sccc2CCO3)c(C(=O)O)n1. The molecule has 3 heterocycles. The van der Waals surface area contributed by atoms with Crippen molar-refractivity contribution in [2.45, 2.75) is 26.3 Å². The molecule has 0 aliphatic carbocycles. The molecule has 0 saturated carbocycles. The zero-order valence-corrected chi connectivity index (χ0v) is 23.9. The van der Waals surface area contributed by atoms with E-state index in [9.17, 15) is 29.4 Å². The molecule has 2 amide bonds. The van der Waals surface area contributed by atoms with Crippen LogP contribution in [0.15, 0.2) is 53.9 Å². The number of hydrogen-bond donors (Lipinski definition) is 5. The van der Waals surface area contributed by atoms with Crippen molar-refractivity contribution in [2.75, 3.05) is 18.5 Å². The van der Waals surface area contributed by atoms with E-state index >= 15 is 0 Å². The van der Waals surface area contributed by atoms with E-state index in [-0.39, 0.29) is 40.2 Å². The van der Waals surface area contributed by atoms with Gasteiger partial charge in [-0.15, -0.1) is 11.3 Å². The average Bonchev–Trinajstić information content (AvgIpc) is 3.40. The van der Waals surface area contributed by atoms with Gasteiger partial charge < -0.3 is 31.3 Å². The standard InChI is InChI=1S/C31H28N4O7S/c1-2-9-33-29(37)24-6-4-18(26(34-24)31(40)41)19-14-25-22(27-17(7-10-42-25)8-11-43-27)13-20(19)28(36)35-23-5-3-16(15-32)12-21(23)30(38)39/h3-6,8,11-14H,2,7,9-10,15,32H2,1H3,(H,33,37)(H,35,36)(H,38,39)(H,40,41). The Bertz CT molecular complexity index is 1770. The summed E-state index contributed by atoms with van der Waals surface area (Å²) in [6.45, 7) is 2.77. The third kappa shape index (κ3) is 5.96. The first-order chi connectivity index (χ1) is 20.7. The van der Waals surface area contributed by atoms with Crippen LogP contribution in [0.1, 0.15) is 66.2 Å². The molecule has 12 heteroatoms. The number of aromatic carboxylic acids is 2. The van der Waals surface area contributed by atoms with Gasteiger partial charge in [-0.25, -0.2) is 14.6 Å². The van der Waals surface area contributed by atoms with Crippen molar-refractivity contribution in [2.24, 2.45) is 5.73 Å². The van der Waals surface area contributed by atoms with Crippen molar-refractivity contribution in [1.82, 2.24) is 10.3 Å². The van der Waals surface area contributed by atoms with E-state index in [0.717, 1.165) is 10.4 Å². The number of carbonyl (C=O) groups is 4. The summed E-state index contributed by atoms with van der Waals surface area (Å²) in [5.74, 6) is -3.39. The quantitative estimate of drug-likeness (QED) is 0.183. The molecular weight excluding hydrogens is 572 g/mol. The summed E-state index contributed by atoms with van der Waals surface area (Å²) in [6, 6.07) is 12.5. The number of nitrogens with one attached hydrogen (secondary N) is 2. The number of hydrogen-bond acceptors (Lipinski definition) is 8. The predicted molar refractivity (Wildman–Crippen MR) is 161 cm³/mol. The van der Waals surface area contributed by atoms with Crippen molar-refractivity contribution in [1.29, 1.82) is 0 Å². The Balaban J connectivity index is 1.68. The minimum Gasteiger partial charge on any atom is -0.493 e. The van der Waals surface area contributed by atoms with Crippen LogP contribution in [0.5, 0.6) is 5.75 Å². The molecule has 0 bridgehead atoms. The van der Waals surface area contributed by atoms with E-state index in [2.05, 4.69) is 15.6 Å². The molecule has 6 N–H and O–H groups in total. The highest BCUT2D eigenvalue weighted by Gasteiger charge is 2.27. The van der Waals surface area contributed by atoms with E-state index in [0.29, 0.717) is 42.9 Å². The van der Waals surface area contributed by atoms with Crippen LogP contribution in [-0.2, 0) is 13.0 Å². The molecule has 4 aromatic rings. The summed E-state index contributed by atoms with van der Waals surface area (Å²) in [7, 11) is 0. The van der Waals surface area contributed by atoms with Crippen LogP contribution in [0.3, 0.4) is 0 Å². The zero-order valence-electron chi connectivity index (χ0n) is 23.1. The fourth-order valence-corrected chi connectivity index (χ4v) is 5.79. The maximum absolute atomic E-state index is 13.9. The minimum absolute atomic E-state index is 0.0446. The number of fused-ring (bicyclic) bond motifs is 3. The lowest BCUT2D eigenvalue weighted by molar-refractivity contribution is 0.0682. The number of thiophene rings is 1. The van der Waals surface area contributed by atoms with E-state index in [4.69, 9.17) is 10.5 Å². The van der Waals surface area contributed by atoms with Crippen LogP contribution >= 0.6 is 11.3 Å². The van der Waals surface area contributed by atoms with Gasteiger partial charge >= 0.3 is 11.9 Å². The van der Waals surface area contributed by atoms with Crippen LogP contribution in [0.2, 0.25) is 0 Å². The molecule has 1 aliphatic heterocycles. The van der Waals surface area contributed by atoms with Gasteiger partial charge in [0.2, 0.25) is 0 Å². The smallest absolute Gasteiger partial charge is 0.355 e. The van der Waals surface area contributed by atoms with Gasteiger partial charge in [0.05, 0.1) is 17.9 Å². The molecule has 0 radical (unpaired) electrons. The Morgan fingerprint density at radius 2 is 1.77 bits per heavy atom. The fourth-order valence-electron chi connectivity index (χ4n) is 4.82. The van der Waals surface area contributed by atoms with Crippen LogP contribution in [0.4, 0.5) is 5.69 Å². The number of nitrogens with two attached hydrogens (primary N) is 1. The van der Waals surface area contributed by atoms with Gasteiger partial charge in [-0.05, 0) is 65.4 Å². The summed E-state index contributed by atoms with van der Waals surface area (Å²) in [5, 5.41) is 27.2. The topological polar surface area (TPSA) is 181 Å². The number of rotatable bonds is 9. The number of pyridine rings is 1.